The molecule has 1 atom stereocenters. The Bertz CT molecular complexity index is 862. The minimum atomic E-state index is -0.682. The van der Waals surface area contributed by atoms with Gasteiger partial charge in [0.25, 0.3) is 17.7 Å². The molecule has 9 heteroatoms. The molecule has 1 fully saturated rings. The molecular weight excluding hydrogens is 336 g/mol. The number of aryl methyl sites for hydroxylation is 1. The standard InChI is InChI=1S/C17H20N6O3/c1-11-8-22(16(25)14-9-21(2)10-19-14)6-7-23(11)17(26)13-5-3-4-12(20-13)15(18)24/h3-5,9-11H,6-8H2,1-2H3,(H2,18,24). The zero-order chi connectivity index (χ0) is 18.8. The van der Waals surface area contributed by atoms with Crippen LogP contribution < -0.4 is 5.73 Å². The SMILES string of the molecule is CC1CN(C(=O)c2cn(C)cn2)CCN1C(=O)c1cccc(C(N)=O)n1. The first-order valence-corrected chi connectivity index (χ1v) is 8.22. The monoisotopic (exact) mass is 356 g/mol. The van der Waals surface area contributed by atoms with Crippen molar-refractivity contribution in [2.75, 3.05) is 19.6 Å². The van der Waals surface area contributed by atoms with Gasteiger partial charge in [0, 0.05) is 38.9 Å². The van der Waals surface area contributed by atoms with E-state index < -0.39 is 5.91 Å². The molecule has 0 radical (unpaired) electrons. The molecule has 26 heavy (non-hydrogen) atoms. The van der Waals surface area contributed by atoms with Crippen molar-refractivity contribution in [3.63, 3.8) is 0 Å². The van der Waals surface area contributed by atoms with Gasteiger partial charge in [-0.25, -0.2) is 9.97 Å². The minimum Gasteiger partial charge on any atom is -0.364 e. The third-order valence-corrected chi connectivity index (χ3v) is 4.32. The van der Waals surface area contributed by atoms with Crippen LogP contribution in [0, 0.1) is 0 Å². The van der Waals surface area contributed by atoms with Crippen LogP contribution in [-0.2, 0) is 7.05 Å². The van der Waals surface area contributed by atoms with E-state index in [-0.39, 0.29) is 29.2 Å². The van der Waals surface area contributed by atoms with E-state index in [0.717, 1.165) is 0 Å². The predicted octanol–water partition coefficient (Wildman–Crippen LogP) is -0.0993. The Kier molecular flexibility index (Phi) is 4.70. The summed E-state index contributed by atoms with van der Waals surface area (Å²) < 4.78 is 1.72. The molecule has 136 valence electrons. The summed E-state index contributed by atoms with van der Waals surface area (Å²) in [5.41, 5.74) is 5.82. The average Bonchev–Trinajstić information content (AvgIpc) is 3.07. The van der Waals surface area contributed by atoms with Crippen LogP contribution in [0.25, 0.3) is 0 Å². The summed E-state index contributed by atoms with van der Waals surface area (Å²) >= 11 is 0. The zero-order valence-corrected chi connectivity index (χ0v) is 14.6. The highest BCUT2D eigenvalue weighted by Gasteiger charge is 2.32. The van der Waals surface area contributed by atoms with Crippen LogP contribution in [0.3, 0.4) is 0 Å². The number of imidazole rings is 1. The molecule has 3 rings (SSSR count). The van der Waals surface area contributed by atoms with Gasteiger partial charge in [0.2, 0.25) is 0 Å². The van der Waals surface area contributed by atoms with Gasteiger partial charge >= 0.3 is 0 Å². The Labute approximate surface area is 150 Å². The summed E-state index contributed by atoms with van der Waals surface area (Å²) in [6, 6.07) is 4.40. The Morgan fingerprint density at radius 2 is 1.85 bits per heavy atom. The Hall–Kier alpha value is -3.23. The summed E-state index contributed by atoms with van der Waals surface area (Å²) in [5, 5.41) is 0. The lowest BCUT2D eigenvalue weighted by atomic mass is 10.1. The van der Waals surface area contributed by atoms with Gasteiger partial charge in [0.05, 0.1) is 6.33 Å². The molecule has 0 bridgehead atoms. The highest BCUT2D eigenvalue weighted by molar-refractivity contribution is 5.96. The number of nitrogens with zero attached hydrogens (tertiary/aromatic N) is 5. The van der Waals surface area contributed by atoms with Gasteiger partial charge < -0.3 is 20.1 Å². The lowest BCUT2D eigenvalue weighted by molar-refractivity contribution is 0.0408. The lowest BCUT2D eigenvalue weighted by Gasteiger charge is -2.39. The number of hydrogen-bond acceptors (Lipinski definition) is 5. The van der Waals surface area contributed by atoms with E-state index >= 15 is 0 Å². The summed E-state index contributed by atoms with van der Waals surface area (Å²) in [5.74, 6) is -1.12. The number of hydrogen-bond donors (Lipinski definition) is 1. The maximum Gasteiger partial charge on any atom is 0.274 e. The summed E-state index contributed by atoms with van der Waals surface area (Å²) in [7, 11) is 1.80. The average molecular weight is 356 g/mol. The van der Waals surface area contributed by atoms with Crippen LogP contribution in [0.15, 0.2) is 30.7 Å². The Morgan fingerprint density at radius 1 is 1.12 bits per heavy atom. The van der Waals surface area contributed by atoms with Crippen LogP contribution in [0.1, 0.15) is 38.4 Å². The van der Waals surface area contributed by atoms with Gasteiger partial charge in [-0.2, -0.15) is 0 Å². The number of amides is 3. The maximum atomic E-state index is 12.7. The van der Waals surface area contributed by atoms with E-state index in [2.05, 4.69) is 9.97 Å². The molecule has 0 aliphatic carbocycles. The second-order valence-corrected chi connectivity index (χ2v) is 6.30. The van der Waals surface area contributed by atoms with Gasteiger partial charge in [0.1, 0.15) is 17.1 Å². The predicted molar refractivity (Wildman–Crippen MR) is 92.4 cm³/mol. The lowest BCUT2D eigenvalue weighted by Crippen LogP contribution is -2.55. The van der Waals surface area contributed by atoms with E-state index in [0.29, 0.717) is 25.3 Å². The molecule has 1 saturated heterocycles. The molecule has 0 saturated carbocycles. The summed E-state index contributed by atoms with van der Waals surface area (Å²) in [6.07, 6.45) is 3.25. The molecule has 9 nitrogen and oxygen atoms in total. The third kappa shape index (κ3) is 3.41. The molecule has 1 unspecified atom stereocenters. The number of piperazine rings is 1. The number of primary amides is 1. The fourth-order valence-corrected chi connectivity index (χ4v) is 2.97. The molecular formula is C17H20N6O3. The van der Waals surface area contributed by atoms with Gasteiger partial charge in [0.15, 0.2) is 0 Å². The molecule has 3 heterocycles. The fourth-order valence-electron chi connectivity index (χ4n) is 2.97. The van der Waals surface area contributed by atoms with Crippen LogP contribution >= 0.6 is 0 Å². The number of carbonyl (C=O) groups excluding carboxylic acids is 3. The maximum absolute atomic E-state index is 12.7. The minimum absolute atomic E-state index is 0.0486. The smallest absolute Gasteiger partial charge is 0.274 e. The van der Waals surface area contributed by atoms with Crippen LogP contribution in [-0.4, -0.2) is 67.7 Å². The molecule has 3 amide bonds. The van der Waals surface area contributed by atoms with Crippen LogP contribution in [0.5, 0.6) is 0 Å². The van der Waals surface area contributed by atoms with Gasteiger partial charge in [-0.05, 0) is 19.1 Å². The molecule has 2 N–H and O–H groups in total. The van der Waals surface area contributed by atoms with Crippen LogP contribution in [0.2, 0.25) is 0 Å². The van der Waals surface area contributed by atoms with Crippen molar-refractivity contribution in [1.29, 1.82) is 0 Å². The van der Waals surface area contributed by atoms with E-state index in [1.165, 1.54) is 6.07 Å². The van der Waals surface area contributed by atoms with E-state index in [9.17, 15) is 14.4 Å². The molecule has 1 aliphatic heterocycles. The van der Waals surface area contributed by atoms with Crippen molar-refractivity contribution in [3.8, 4) is 0 Å². The summed E-state index contributed by atoms with van der Waals surface area (Å²) in [6.45, 7) is 3.05. The number of carbonyl (C=O) groups is 3. The molecule has 0 aromatic carbocycles. The third-order valence-electron chi connectivity index (χ3n) is 4.32. The number of nitrogens with two attached hydrogens (primary N) is 1. The van der Waals surface area contributed by atoms with Crippen molar-refractivity contribution in [2.24, 2.45) is 12.8 Å². The fraction of sp³-hybridized carbons (Fsp3) is 0.353. The second-order valence-electron chi connectivity index (χ2n) is 6.30. The van der Waals surface area contributed by atoms with Gasteiger partial charge in [-0.1, -0.05) is 6.07 Å². The number of aromatic nitrogens is 3. The first-order chi connectivity index (χ1) is 12.4. The zero-order valence-electron chi connectivity index (χ0n) is 14.6. The first kappa shape index (κ1) is 17.6. The van der Waals surface area contributed by atoms with Gasteiger partial charge in [-0.3, -0.25) is 14.4 Å². The topological polar surface area (TPSA) is 114 Å². The van der Waals surface area contributed by atoms with Gasteiger partial charge in [-0.15, -0.1) is 0 Å². The molecule has 2 aromatic heterocycles. The Morgan fingerprint density at radius 3 is 2.46 bits per heavy atom. The first-order valence-electron chi connectivity index (χ1n) is 8.22. The highest BCUT2D eigenvalue weighted by Crippen LogP contribution is 2.15. The van der Waals surface area contributed by atoms with Crippen molar-refractivity contribution >= 4 is 17.7 Å². The Balaban J connectivity index is 1.70. The number of rotatable bonds is 3. The largest absolute Gasteiger partial charge is 0.364 e. The summed E-state index contributed by atoms with van der Waals surface area (Å²) in [4.78, 5) is 47.9. The quantitative estimate of drug-likeness (QED) is 0.825. The molecule has 0 spiro atoms. The number of pyridine rings is 1. The van der Waals surface area contributed by atoms with Crippen LogP contribution in [0.4, 0.5) is 0 Å². The van der Waals surface area contributed by atoms with Crippen molar-refractivity contribution < 1.29 is 14.4 Å². The van der Waals surface area contributed by atoms with E-state index in [4.69, 9.17) is 5.73 Å². The van der Waals surface area contributed by atoms with Crippen molar-refractivity contribution in [3.05, 3.63) is 47.8 Å². The van der Waals surface area contributed by atoms with E-state index in [1.54, 1.807) is 46.1 Å². The van der Waals surface area contributed by atoms with Crippen molar-refractivity contribution in [2.45, 2.75) is 13.0 Å². The second kappa shape index (κ2) is 6.95. The highest BCUT2D eigenvalue weighted by atomic mass is 16.2. The van der Waals surface area contributed by atoms with Crippen molar-refractivity contribution in [1.82, 2.24) is 24.3 Å². The normalized spacial score (nSPS) is 17.2. The molecule has 2 aromatic rings. The van der Waals surface area contributed by atoms with E-state index in [1.807, 2.05) is 6.92 Å². The molecule has 1 aliphatic rings.